The minimum absolute atomic E-state index is 0.240. The second-order valence-electron chi connectivity index (χ2n) is 6.16. The van der Waals surface area contributed by atoms with Crippen molar-refractivity contribution >= 4 is 0 Å². The van der Waals surface area contributed by atoms with E-state index in [9.17, 15) is 10.2 Å². The van der Waals surface area contributed by atoms with E-state index < -0.39 is 5.41 Å². The van der Waals surface area contributed by atoms with Crippen molar-refractivity contribution in [3.05, 3.63) is 95.1 Å². The molecule has 2 heteroatoms. The van der Waals surface area contributed by atoms with Gasteiger partial charge >= 0.3 is 0 Å². The molecule has 0 aliphatic carbocycles. The summed E-state index contributed by atoms with van der Waals surface area (Å²) in [6.07, 6.45) is 0.714. The lowest BCUT2D eigenvalue weighted by atomic mass is 9.67. The number of phenols is 2. The third-order valence-corrected chi connectivity index (χ3v) is 4.77. The molecule has 0 amide bonds. The van der Waals surface area contributed by atoms with Crippen molar-refractivity contribution in [2.75, 3.05) is 0 Å². The predicted molar refractivity (Wildman–Crippen MR) is 97.6 cm³/mol. The van der Waals surface area contributed by atoms with Gasteiger partial charge in [0.1, 0.15) is 11.5 Å². The first kappa shape index (κ1) is 16.1. The van der Waals surface area contributed by atoms with Gasteiger partial charge in [0.05, 0.1) is 5.41 Å². The lowest BCUT2D eigenvalue weighted by Crippen LogP contribution is -2.29. The number of rotatable bonds is 4. The monoisotopic (exact) mass is 318 g/mol. The van der Waals surface area contributed by atoms with E-state index in [-0.39, 0.29) is 11.5 Å². The van der Waals surface area contributed by atoms with E-state index >= 15 is 0 Å². The van der Waals surface area contributed by atoms with Gasteiger partial charge in [-0.3, -0.25) is 0 Å². The normalized spacial score (nSPS) is 11.4. The molecule has 0 aliphatic rings. The fourth-order valence-electron chi connectivity index (χ4n) is 3.62. The van der Waals surface area contributed by atoms with Gasteiger partial charge in [-0.1, -0.05) is 73.2 Å². The van der Waals surface area contributed by atoms with Crippen LogP contribution in [0.15, 0.2) is 72.8 Å². The Hall–Kier alpha value is -2.74. The molecule has 0 radical (unpaired) electrons. The van der Waals surface area contributed by atoms with Crippen molar-refractivity contribution < 1.29 is 10.2 Å². The molecule has 122 valence electrons. The number of hydrogen-bond acceptors (Lipinski definition) is 2. The van der Waals surface area contributed by atoms with Crippen molar-refractivity contribution in [2.45, 2.75) is 25.7 Å². The second kappa shape index (κ2) is 6.40. The first-order chi connectivity index (χ1) is 11.6. The van der Waals surface area contributed by atoms with Crippen molar-refractivity contribution in [1.82, 2.24) is 0 Å². The van der Waals surface area contributed by atoms with E-state index in [0.717, 1.165) is 22.3 Å². The Morgan fingerprint density at radius 2 is 1.29 bits per heavy atom. The lowest BCUT2D eigenvalue weighted by Gasteiger charge is -2.36. The Balaban J connectivity index is 2.40. The summed E-state index contributed by atoms with van der Waals surface area (Å²) in [5.41, 5.74) is 3.21. The summed E-state index contributed by atoms with van der Waals surface area (Å²) in [6, 6.07) is 23.0. The maximum Gasteiger partial charge on any atom is 0.120 e. The van der Waals surface area contributed by atoms with Gasteiger partial charge in [0.25, 0.3) is 0 Å². The van der Waals surface area contributed by atoms with Crippen LogP contribution < -0.4 is 0 Å². The SMILES string of the molecule is CCC(c1cccc(C)c1)(c1ccccc1O)c1ccccc1O. The molecule has 0 aromatic heterocycles. The number of aromatic hydroxyl groups is 2. The Bertz CT molecular complexity index is 806. The molecular weight excluding hydrogens is 296 g/mol. The Morgan fingerprint density at radius 3 is 1.75 bits per heavy atom. The summed E-state index contributed by atoms with van der Waals surface area (Å²) in [7, 11) is 0. The zero-order chi connectivity index (χ0) is 17.2. The van der Waals surface area contributed by atoms with Crippen molar-refractivity contribution in [1.29, 1.82) is 0 Å². The molecule has 0 bridgehead atoms. The zero-order valence-corrected chi connectivity index (χ0v) is 14.0. The molecule has 3 rings (SSSR count). The maximum atomic E-state index is 10.6. The minimum atomic E-state index is -0.608. The summed E-state index contributed by atoms with van der Waals surface area (Å²) in [5, 5.41) is 21.2. The number of hydrogen-bond donors (Lipinski definition) is 2. The van der Waals surface area contributed by atoms with E-state index in [1.54, 1.807) is 12.1 Å². The van der Waals surface area contributed by atoms with Crippen molar-refractivity contribution in [2.24, 2.45) is 0 Å². The predicted octanol–water partition coefficient (Wildman–Crippen LogP) is 5.15. The number of para-hydroxylation sites is 2. The highest BCUT2D eigenvalue weighted by molar-refractivity contribution is 5.58. The second-order valence-corrected chi connectivity index (χ2v) is 6.16. The van der Waals surface area contributed by atoms with Crippen LogP contribution in [0.4, 0.5) is 0 Å². The van der Waals surface area contributed by atoms with Gasteiger partial charge in [0, 0.05) is 11.1 Å². The summed E-state index contributed by atoms with van der Waals surface area (Å²) in [6.45, 7) is 4.14. The smallest absolute Gasteiger partial charge is 0.120 e. The van der Waals surface area contributed by atoms with Crippen LogP contribution in [0.5, 0.6) is 11.5 Å². The maximum absolute atomic E-state index is 10.6. The van der Waals surface area contributed by atoms with E-state index in [0.29, 0.717) is 6.42 Å². The van der Waals surface area contributed by atoms with Gasteiger partial charge in [-0.15, -0.1) is 0 Å². The van der Waals surface area contributed by atoms with Crippen LogP contribution in [-0.4, -0.2) is 10.2 Å². The number of phenolic OH excluding ortho intramolecular Hbond substituents is 2. The summed E-state index contributed by atoms with van der Waals surface area (Å²) in [4.78, 5) is 0. The molecule has 0 fully saturated rings. The standard InChI is InChI=1S/C22H22O2/c1-3-22(17-10-8-9-16(2)15-17,18-11-4-6-13-20(18)23)19-12-5-7-14-21(19)24/h4-15,23-24H,3H2,1-2H3. The molecule has 0 saturated carbocycles. The van der Waals surface area contributed by atoms with Crippen LogP contribution in [0.2, 0.25) is 0 Å². The largest absolute Gasteiger partial charge is 0.508 e. The van der Waals surface area contributed by atoms with E-state index in [1.165, 1.54) is 0 Å². The zero-order valence-electron chi connectivity index (χ0n) is 14.0. The van der Waals surface area contributed by atoms with Crippen LogP contribution in [0.3, 0.4) is 0 Å². The Kier molecular flexibility index (Phi) is 4.30. The minimum Gasteiger partial charge on any atom is -0.508 e. The van der Waals surface area contributed by atoms with Gasteiger partial charge < -0.3 is 10.2 Å². The third kappa shape index (κ3) is 2.54. The number of aryl methyl sites for hydroxylation is 1. The fourth-order valence-corrected chi connectivity index (χ4v) is 3.62. The molecular formula is C22H22O2. The van der Waals surface area contributed by atoms with Gasteiger partial charge in [0.2, 0.25) is 0 Å². The first-order valence-electron chi connectivity index (χ1n) is 8.23. The average Bonchev–Trinajstić information content (AvgIpc) is 2.59. The third-order valence-electron chi connectivity index (χ3n) is 4.77. The average molecular weight is 318 g/mol. The van der Waals surface area contributed by atoms with Crippen LogP contribution in [0.1, 0.15) is 35.6 Å². The van der Waals surface area contributed by atoms with Crippen LogP contribution in [0, 0.1) is 6.92 Å². The van der Waals surface area contributed by atoms with Crippen molar-refractivity contribution in [3.63, 3.8) is 0 Å². The van der Waals surface area contributed by atoms with Gasteiger partial charge in [-0.2, -0.15) is 0 Å². The van der Waals surface area contributed by atoms with E-state index in [1.807, 2.05) is 42.5 Å². The molecule has 2 nitrogen and oxygen atoms in total. The molecule has 3 aromatic rings. The highest BCUT2D eigenvalue weighted by atomic mass is 16.3. The Labute approximate surface area is 143 Å². The quantitative estimate of drug-likeness (QED) is 0.653. The molecule has 0 aliphatic heterocycles. The van der Waals surface area contributed by atoms with Crippen LogP contribution in [0.25, 0.3) is 0 Å². The highest BCUT2D eigenvalue weighted by Gasteiger charge is 2.38. The molecule has 0 spiro atoms. The van der Waals surface area contributed by atoms with E-state index in [4.69, 9.17) is 0 Å². The first-order valence-corrected chi connectivity index (χ1v) is 8.23. The van der Waals surface area contributed by atoms with Gasteiger partial charge in [-0.25, -0.2) is 0 Å². The molecule has 0 saturated heterocycles. The highest BCUT2D eigenvalue weighted by Crippen LogP contribution is 2.48. The Morgan fingerprint density at radius 1 is 0.750 bits per heavy atom. The molecule has 2 N–H and O–H groups in total. The van der Waals surface area contributed by atoms with Crippen LogP contribution >= 0.6 is 0 Å². The molecule has 3 aromatic carbocycles. The molecule has 24 heavy (non-hydrogen) atoms. The van der Waals surface area contributed by atoms with Crippen molar-refractivity contribution in [3.8, 4) is 11.5 Å². The topological polar surface area (TPSA) is 40.5 Å². The van der Waals surface area contributed by atoms with Gasteiger partial charge in [0.15, 0.2) is 0 Å². The number of benzene rings is 3. The molecule has 0 unspecified atom stereocenters. The fraction of sp³-hybridized carbons (Fsp3) is 0.182. The summed E-state index contributed by atoms with van der Waals surface area (Å²) in [5.74, 6) is 0.480. The lowest BCUT2D eigenvalue weighted by molar-refractivity contribution is 0.430. The summed E-state index contributed by atoms with van der Waals surface area (Å²) < 4.78 is 0. The summed E-state index contributed by atoms with van der Waals surface area (Å²) >= 11 is 0. The van der Waals surface area contributed by atoms with Crippen LogP contribution in [-0.2, 0) is 5.41 Å². The molecule has 0 heterocycles. The van der Waals surface area contributed by atoms with E-state index in [2.05, 4.69) is 32.0 Å². The molecule has 0 atom stereocenters. The van der Waals surface area contributed by atoms with Gasteiger partial charge in [-0.05, 0) is 31.0 Å².